The van der Waals surface area contributed by atoms with Gasteiger partial charge in [-0.15, -0.1) is 11.3 Å². The molecule has 2 heterocycles. The molecule has 0 saturated heterocycles. The van der Waals surface area contributed by atoms with Crippen molar-refractivity contribution in [2.75, 3.05) is 19.8 Å². The summed E-state index contributed by atoms with van der Waals surface area (Å²) < 4.78 is 5.51. The Bertz CT molecular complexity index is 699. The molecule has 2 aromatic rings. The van der Waals surface area contributed by atoms with E-state index in [2.05, 4.69) is 16.4 Å². The minimum atomic E-state index is -0.108. The van der Waals surface area contributed by atoms with Crippen LogP contribution in [0.5, 0.6) is 5.75 Å². The summed E-state index contributed by atoms with van der Waals surface area (Å²) in [5.74, 6) is 1.09. The van der Waals surface area contributed by atoms with Gasteiger partial charge in [0, 0.05) is 25.1 Å². The number of nitrogens with zero attached hydrogens (tertiary/aromatic N) is 1. The molecule has 6 heteroatoms. The fraction of sp³-hybridized carbons (Fsp3) is 0.412. The molecule has 0 spiro atoms. The standard InChI is InChI=1S/C17H20N2O3S/c1-11(4-6-20)9-18-16(21)15-10-19-17(23-15)13-2-3-14-12(8-13)5-7-22-14/h2-3,8,10-11,20H,4-7,9H2,1H3,(H,18,21). The minimum Gasteiger partial charge on any atom is -0.493 e. The molecule has 0 aliphatic carbocycles. The van der Waals surface area contributed by atoms with Crippen molar-refractivity contribution in [3.05, 3.63) is 34.8 Å². The zero-order valence-corrected chi connectivity index (χ0v) is 13.9. The van der Waals surface area contributed by atoms with E-state index in [0.29, 0.717) is 17.8 Å². The number of ether oxygens (including phenoxy) is 1. The molecule has 1 aliphatic rings. The van der Waals surface area contributed by atoms with Gasteiger partial charge in [-0.3, -0.25) is 4.79 Å². The monoisotopic (exact) mass is 332 g/mol. The van der Waals surface area contributed by atoms with E-state index in [9.17, 15) is 4.79 Å². The molecule has 0 radical (unpaired) electrons. The molecule has 1 aromatic heterocycles. The van der Waals surface area contributed by atoms with Crippen molar-refractivity contribution >= 4 is 17.2 Å². The van der Waals surface area contributed by atoms with Crippen LogP contribution in [0.4, 0.5) is 0 Å². The quantitative estimate of drug-likeness (QED) is 0.852. The predicted octanol–water partition coefficient (Wildman–Crippen LogP) is 2.49. The molecular weight excluding hydrogens is 312 g/mol. The molecule has 1 aromatic carbocycles. The average molecular weight is 332 g/mol. The van der Waals surface area contributed by atoms with E-state index in [-0.39, 0.29) is 18.4 Å². The topological polar surface area (TPSA) is 71.5 Å². The van der Waals surface area contributed by atoms with Crippen molar-refractivity contribution in [3.8, 4) is 16.3 Å². The number of hydrogen-bond donors (Lipinski definition) is 2. The third-order valence-corrected chi connectivity index (χ3v) is 4.94. The van der Waals surface area contributed by atoms with Crippen molar-refractivity contribution in [1.82, 2.24) is 10.3 Å². The summed E-state index contributed by atoms with van der Waals surface area (Å²) in [6, 6.07) is 6.04. The second-order valence-corrected chi connectivity index (χ2v) is 6.81. The highest BCUT2D eigenvalue weighted by Crippen LogP contribution is 2.32. The number of hydrogen-bond acceptors (Lipinski definition) is 5. The Labute approximate surface area is 139 Å². The maximum atomic E-state index is 12.2. The summed E-state index contributed by atoms with van der Waals surface area (Å²) in [6.07, 6.45) is 3.23. The fourth-order valence-corrected chi connectivity index (χ4v) is 3.34. The van der Waals surface area contributed by atoms with Gasteiger partial charge in [0.15, 0.2) is 0 Å². The number of amides is 1. The molecule has 0 bridgehead atoms. The van der Waals surface area contributed by atoms with Crippen molar-refractivity contribution < 1.29 is 14.6 Å². The maximum absolute atomic E-state index is 12.2. The van der Waals surface area contributed by atoms with Crippen LogP contribution in [0, 0.1) is 5.92 Å². The average Bonchev–Trinajstić information content (AvgIpc) is 3.21. The highest BCUT2D eigenvalue weighted by Gasteiger charge is 2.16. The maximum Gasteiger partial charge on any atom is 0.263 e. The van der Waals surface area contributed by atoms with Gasteiger partial charge in [0.05, 0.1) is 12.8 Å². The van der Waals surface area contributed by atoms with Crippen LogP contribution in [-0.2, 0) is 6.42 Å². The lowest BCUT2D eigenvalue weighted by Gasteiger charge is -2.09. The van der Waals surface area contributed by atoms with Gasteiger partial charge < -0.3 is 15.2 Å². The highest BCUT2D eigenvalue weighted by atomic mass is 32.1. The predicted molar refractivity (Wildman–Crippen MR) is 89.9 cm³/mol. The number of fused-ring (bicyclic) bond motifs is 1. The molecule has 0 fully saturated rings. The first-order valence-electron chi connectivity index (χ1n) is 7.78. The third-order valence-electron chi connectivity index (χ3n) is 3.90. The lowest BCUT2D eigenvalue weighted by Crippen LogP contribution is -2.28. The Balaban J connectivity index is 1.67. The number of aliphatic hydroxyl groups excluding tert-OH is 1. The normalized spacial score (nSPS) is 14.2. The molecule has 5 nitrogen and oxygen atoms in total. The van der Waals surface area contributed by atoms with E-state index < -0.39 is 0 Å². The first kappa shape index (κ1) is 16.0. The molecule has 0 saturated carbocycles. The molecule has 1 atom stereocenters. The van der Waals surface area contributed by atoms with Gasteiger partial charge in [-0.05, 0) is 36.1 Å². The molecule has 23 heavy (non-hydrogen) atoms. The number of carbonyl (C=O) groups is 1. The van der Waals surface area contributed by atoms with Crippen molar-refractivity contribution in [2.45, 2.75) is 19.8 Å². The molecule has 2 N–H and O–H groups in total. The largest absolute Gasteiger partial charge is 0.493 e. The van der Waals surface area contributed by atoms with Crippen molar-refractivity contribution in [1.29, 1.82) is 0 Å². The first-order chi connectivity index (χ1) is 11.2. The van der Waals surface area contributed by atoms with Crippen molar-refractivity contribution in [2.24, 2.45) is 5.92 Å². The Morgan fingerprint density at radius 2 is 2.39 bits per heavy atom. The molecule has 3 rings (SSSR count). The van der Waals surface area contributed by atoms with Crippen LogP contribution < -0.4 is 10.1 Å². The third kappa shape index (κ3) is 3.71. The Morgan fingerprint density at radius 1 is 1.52 bits per heavy atom. The number of carbonyl (C=O) groups excluding carboxylic acids is 1. The zero-order valence-electron chi connectivity index (χ0n) is 13.0. The van der Waals surface area contributed by atoms with E-state index in [4.69, 9.17) is 9.84 Å². The van der Waals surface area contributed by atoms with Crippen LogP contribution in [0.1, 0.15) is 28.6 Å². The number of rotatable bonds is 6. The molecule has 1 aliphatic heterocycles. The second-order valence-electron chi connectivity index (χ2n) is 5.78. The Hall–Kier alpha value is -1.92. The lowest BCUT2D eigenvalue weighted by atomic mass is 10.1. The SMILES string of the molecule is CC(CCO)CNC(=O)c1cnc(-c2ccc3c(c2)CCO3)s1. The smallest absolute Gasteiger partial charge is 0.263 e. The number of benzene rings is 1. The summed E-state index contributed by atoms with van der Waals surface area (Å²) >= 11 is 1.39. The van der Waals surface area contributed by atoms with Gasteiger partial charge in [0.25, 0.3) is 5.91 Å². The van der Waals surface area contributed by atoms with Crippen LogP contribution in [0.2, 0.25) is 0 Å². The summed E-state index contributed by atoms with van der Waals surface area (Å²) in [7, 11) is 0. The molecule has 1 amide bonds. The second kappa shape index (κ2) is 7.10. The Kier molecular flexibility index (Phi) is 4.93. The van der Waals surface area contributed by atoms with Gasteiger partial charge in [0.1, 0.15) is 15.6 Å². The number of aliphatic hydroxyl groups is 1. The fourth-order valence-electron chi connectivity index (χ4n) is 2.51. The number of aromatic nitrogens is 1. The summed E-state index contributed by atoms with van der Waals surface area (Å²) in [6.45, 7) is 3.43. The van der Waals surface area contributed by atoms with Gasteiger partial charge >= 0.3 is 0 Å². The van der Waals surface area contributed by atoms with E-state index in [1.54, 1.807) is 6.20 Å². The first-order valence-corrected chi connectivity index (χ1v) is 8.60. The van der Waals surface area contributed by atoms with E-state index >= 15 is 0 Å². The summed E-state index contributed by atoms with van der Waals surface area (Å²) in [5, 5.41) is 12.6. The van der Waals surface area contributed by atoms with Crippen LogP contribution >= 0.6 is 11.3 Å². The van der Waals surface area contributed by atoms with E-state index in [1.807, 2.05) is 19.1 Å². The van der Waals surface area contributed by atoms with E-state index in [1.165, 1.54) is 16.9 Å². The number of thiazole rings is 1. The van der Waals surface area contributed by atoms with E-state index in [0.717, 1.165) is 29.3 Å². The molecule has 122 valence electrons. The van der Waals surface area contributed by atoms with Gasteiger partial charge in [0.2, 0.25) is 0 Å². The van der Waals surface area contributed by atoms with Crippen LogP contribution in [0.3, 0.4) is 0 Å². The van der Waals surface area contributed by atoms with Crippen molar-refractivity contribution in [3.63, 3.8) is 0 Å². The van der Waals surface area contributed by atoms with Crippen LogP contribution in [0.25, 0.3) is 10.6 Å². The summed E-state index contributed by atoms with van der Waals surface area (Å²) in [5.41, 5.74) is 2.22. The van der Waals surface area contributed by atoms with Gasteiger partial charge in [-0.1, -0.05) is 6.92 Å². The van der Waals surface area contributed by atoms with Crippen LogP contribution in [-0.4, -0.2) is 35.8 Å². The lowest BCUT2D eigenvalue weighted by molar-refractivity contribution is 0.0949. The van der Waals surface area contributed by atoms with Gasteiger partial charge in [-0.2, -0.15) is 0 Å². The zero-order chi connectivity index (χ0) is 16.2. The summed E-state index contributed by atoms with van der Waals surface area (Å²) in [4.78, 5) is 17.1. The van der Waals surface area contributed by atoms with Crippen LogP contribution in [0.15, 0.2) is 24.4 Å². The number of nitrogens with one attached hydrogen (secondary N) is 1. The molecular formula is C17H20N2O3S. The minimum absolute atomic E-state index is 0.108. The van der Waals surface area contributed by atoms with Gasteiger partial charge in [-0.25, -0.2) is 4.98 Å². The highest BCUT2D eigenvalue weighted by molar-refractivity contribution is 7.16. The molecule has 1 unspecified atom stereocenters. The Morgan fingerprint density at radius 3 is 3.22 bits per heavy atom.